The van der Waals surface area contributed by atoms with Gasteiger partial charge >= 0.3 is 0 Å². The summed E-state index contributed by atoms with van der Waals surface area (Å²) in [7, 11) is -3.23. The van der Waals surface area contributed by atoms with Crippen molar-refractivity contribution in [1.29, 1.82) is 0 Å². The number of carbonyl (C=O) groups is 1. The fourth-order valence-electron chi connectivity index (χ4n) is 1.73. The largest absolute Gasteiger partial charge is 0.322 e. The number of sulfone groups is 1. The summed E-state index contributed by atoms with van der Waals surface area (Å²) in [6, 6.07) is 13.0. The Morgan fingerprint density at radius 1 is 1.05 bits per heavy atom. The van der Waals surface area contributed by atoms with Gasteiger partial charge in [0.25, 0.3) is 5.91 Å². The normalized spacial score (nSPS) is 11.1. The van der Waals surface area contributed by atoms with Gasteiger partial charge in [-0.1, -0.05) is 12.1 Å². The lowest BCUT2D eigenvalue weighted by Crippen LogP contribution is -2.11. The minimum absolute atomic E-state index is 0.215. The van der Waals surface area contributed by atoms with Crippen LogP contribution in [0.5, 0.6) is 0 Å². The zero-order valence-corrected chi connectivity index (χ0v) is 12.9. The molecule has 0 saturated carbocycles. The first-order valence-corrected chi connectivity index (χ1v) is 8.59. The van der Waals surface area contributed by atoms with E-state index >= 15 is 0 Å². The van der Waals surface area contributed by atoms with Crippen LogP contribution < -0.4 is 5.32 Å². The minimum Gasteiger partial charge on any atom is -0.322 e. The highest BCUT2D eigenvalue weighted by atomic mass is 35.5. The number of alkyl halides is 1. The van der Waals surface area contributed by atoms with Crippen molar-refractivity contribution in [2.45, 2.75) is 10.8 Å². The number of hydrogen-bond donors (Lipinski definition) is 1. The van der Waals surface area contributed by atoms with E-state index in [4.69, 9.17) is 11.6 Å². The Balaban J connectivity index is 2.12. The van der Waals surface area contributed by atoms with Crippen molar-refractivity contribution in [3.05, 3.63) is 59.7 Å². The van der Waals surface area contributed by atoms with E-state index in [2.05, 4.69) is 5.32 Å². The van der Waals surface area contributed by atoms with Gasteiger partial charge in [0.2, 0.25) is 0 Å². The summed E-state index contributed by atoms with van der Waals surface area (Å²) in [6.45, 7) is 0. The molecule has 110 valence electrons. The maximum Gasteiger partial charge on any atom is 0.255 e. The van der Waals surface area contributed by atoms with Crippen LogP contribution in [0, 0.1) is 0 Å². The second-order valence-electron chi connectivity index (χ2n) is 4.58. The molecule has 21 heavy (non-hydrogen) atoms. The molecule has 0 spiro atoms. The lowest BCUT2D eigenvalue weighted by Gasteiger charge is -2.06. The number of anilines is 1. The van der Waals surface area contributed by atoms with Crippen LogP contribution in [0.1, 0.15) is 15.9 Å². The lowest BCUT2D eigenvalue weighted by molar-refractivity contribution is 0.102. The summed E-state index contributed by atoms with van der Waals surface area (Å²) in [5, 5.41) is 2.71. The molecule has 0 bridgehead atoms. The Morgan fingerprint density at radius 3 is 2.10 bits per heavy atom. The Morgan fingerprint density at radius 2 is 1.62 bits per heavy atom. The fourth-order valence-corrected chi connectivity index (χ4v) is 2.54. The van der Waals surface area contributed by atoms with Gasteiger partial charge in [-0.25, -0.2) is 8.42 Å². The Bertz CT molecular complexity index is 737. The van der Waals surface area contributed by atoms with Gasteiger partial charge in [-0.3, -0.25) is 4.79 Å². The number of amides is 1. The second-order valence-corrected chi connectivity index (χ2v) is 6.86. The summed E-state index contributed by atoms with van der Waals surface area (Å²) >= 11 is 5.69. The molecule has 1 N–H and O–H groups in total. The predicted molar refractivity (Wildman–Crippen MR) is 83.5 cm³/mol. The van der Waals surface area contributed by atoms with Crippen LogP contribution in [0.15, 0.2) is 53.4 Å². The fraction of sp³-hybridized carbons (Fsp3) is 0.133. The molecule has 4 nitrogen and oxygen atoms in total. The van der Waals surface area contributed by atoms with Crippen LogP contribution in [0.2, 0.25) is 0 Å². The third-order valence-electron chi connectivity index (χ3n) is 2.91. The monoisotopic (exact) mass is 323 g/mol. The number of halogens is 1. The van der Waals surface area contributed by atoms with Gasteiger partial charge in [0, 0.05) is 23.4 Å². The molecule has 0 aliphatic rings. The van der Waals surface area contributed by atoms with Crippen molar-refractivity contribution < 1.29 is 13.2 Å². The van der Waals surface area contributed by atoms with E-state index in [1.54, 1.807) is 36.4 Å². The van der Waals surface area contributed by atoms with Crippen LogP contribution in [0.3, 0.4) is 0 Å². The van der Waals surface area contributed by atoms with Crippen LogP contribution in [-0.4, -0.2) is 20.6 Å². The molecule has 2 rings (SSSR count). The van der Waals surface area contributed by atoms with Gasteiger partial charge in [-0.2, -0.15) is 0 Å². The van der Waals surface area contributed by atoms with E-state index in [0.717, 1.165) is 11.8 Å². The van der Waals surface area contributed by atoms with Crippen LogP contribution in [0.25, 0.3) is 0 Å². The van der Waals surface area contributed by atoms with Gasteiger partial charge in [0.15, 0.2) is 9.84 Å². The molecular weight excluding hydrogens is 310 g/mol. The highest BCUT2D eigenvalue weighted by molar-refractivity contribution is 7.90. The molecule has 2 aromatic carbocycles. The smallest absolute Gasteiger partial charge is 0.255 e. The molecular formula is C15H14ClNO3S. The summed E-state index contributed by atoms with van der Waals surface area (Å²) in [5.41, 5.74) is 1.98. The van der Waals surface area contributed by atoms with Gasteiger partial charge in [0.1, 0.15) is 0 Å². The van der Waals surface area contributed by atoms with E-state index in [-0.39, 0.29) is 10.8 Å². The summed E-state index contributed by atoms with van der Waals surface area (Å²) in [6.07, 6.45) is 1.14. The molecule has 0 aromatic heterocycles. The Hall–Kier alpha value is -1.85. The van der Waals surface area contributed by atoms with Gasteiger partial charge < -0.3 is 5.32 Å². The summed E-state index contributed by atoms with van der Waals surface area (Å²) in [4.78, 5) is 12.2. The highest BCUT2D eigenvalue weighted by Crippen LogP contribution is 2.15. The average Bonchev–Trinajstić information content (AvgIpc) is 2.47. The van der Waals surface area contributed by atoms with Crippen molar-refractivity contribution in [3.63, 3.8) is 0 Å². The number of rotatable bonds is 4. The molecule has 0 saturated heterocycles. The summed E-state index contributed by atoms with van der Waals surface area (Å²) in [5.74, 6) is 0.137. The van der Waals surface area contributed by atoms with Crippen LogP contribution in [0.4, 0.5) is 5.69 Å². The highest BCUT2D eigenvalue weighted by Gasteiger charge is 2.09. The second kappa shape index (κ2) is 6.28. The minimum atomic E-state index is -3.23. The lowest BCUT2D eigenvalue weighted by atomic mass is 10.1. The number of hydrogen-bond acceptors (Lipinski definition) is 3. The van der Waals surface area contributed by atoms with Gasteiger partial charge in [0.05, 0.1) is 4.90 Å². The first-order valence-electron chi connectivity index (χ1n) is 6.16. The van der Waals surface area contributed by atoms with E-state index in [1.807, 2.05) is 0 Å². The molecule has 6 heteroatoms. The van der Waals surface area contributed by atoms with E-state index < -0.39 is 9.84 Å². The van der Waals surface area contributed by atoms with Crippen molar-refractivity contribution >= 4 is 33.0 Å². The molecule has 1 amide bonds. The number of carbonyl (C=O) groups excluding carboxylic acids is 1. The SMILES string of the molecule is CS(=O)(=O)c1ccc(NC(=O)c2ccc(CCl)cc2)cc1. The van der Waals surface area contributed by atoms with Crippen molar-refractivity contribution in [1.82, 2.24) is 0 Å². The molecule has 2 aromatic rings. The van der Waals surface area contributed by atoms with E-state index in [0.29, 0.717) is 17.1 Å². The quantitative estimate of drug-likeness (QED) is 0.879. The molecule has 0 aliphatic carbocycles. The van der Waals surface area contributed by atoms with E-state index in [9.17, 15) is 13.2 Å². The van der Waals surface area contributed by atoms with Crippen molar-refractivity contribution in [2.75, 3.05) is 11.6 Å². The number of nitrogens with one attached hydrogen (secondary N) is 1. The average molecular weight is 324 g/mol. The molecule has 0 aliphatic heterocycles. The van der Waals surface area contributed by atoms with Crippen molar-refractivity contribution in [3.8, 4) is 0 Å². The maximum atomic E-state index is 12.0. The number of benzene rings is 2. The molecule has 0 unspecified atom stereocenters. The zero-order valence-electron chi connectivity index (χ0n) is 11.3. The standard InChI is InChI=1S/C15H14ClNO3S/c1-21(19,20)14-8-6-13(7-9-14)17-15(18)12-4-2-11(10-16)3-5-12/h2-9H,10H2,1H3,(H,17,18). The maximum absolute atomic E-state index is 12.0. The molecule has 0 heterocycles. The third-order valence-corrected chi connectivity index (χ3v) is 4.35. The van der Waals surface area contributed by atoms with Crippen LogP contribution in [-0.2, 0) is 15.7 Å². The van der Waals surface area contributed by atoms with Gasteiger partial charge in [-0.15, -0.1) is 11.6 Å². The molecule has 0 radical (unpaired) electrons. The van der Waals surface area contributed by atoms with Crippen LogP contribution >= 0.6 is 11.6 Å². The third kappa shape index (κ3) is 4.06. The van der Waals surface area contributed by atoms with Gasteiger partial charge in [-0.05, 0) is 42.0 Å². The first-order chi connectivity index (χ1) is 9.90. The molecule has 0 atom stereocenters. The first kappa shape index (κ1) is 15.5. The zero-order chi connectivity index (χ0) is 15.5. The Kier molecular flexibility index (Phi) is 4.65. The summed E-state index contributed by atoms with van der Waals surface area (Å²) < 4.78 is 22.7. The van der Waals surface area contributed by atoms with E-state index in [1.165, 1.54) is 12.1 Å². The van der Waals surface area contributed by atoms with Crippen molar-refractivity contribution in [2.24, 2.45) is 0 Å². The predicted octanol–water partition coefficient (Wildman–Crippen LogP) is 3.08. The topological polar surface area (TPSA) is 63.2 Å². The molecule has 0 fully saturated rings. The Labute approximate surface area is 128 Å².